The quantitative estimate of drug-likeness (QED) is 0.752. The molecule has 5 heteroatoms. The van der Waals surface area contributed by atoms with Crippen LogP contribution in [0.15, 0.2) is 85.6 Å². The molecule has 0 radical (unpaired) electrons. The minimum absolute atomic E-state index is 0.738. The molecule has 134 valence electrons. The third kappa shape index (κ3) is 3.82. The maximum atomic E-state index is 5.29. The molecule has 1 aromatic carbocycles. The number of hydrogen-bond donors (Lipinski definition) is 1. The van der Waals surface area contributed by atoms with Gasteiger partial charge in [-0.2, -0.15) is 0 Å². The van der Waals surface area contributed by atoms with Gasteiger partial charge in [0.15, 0.2) is 0 Å². The monoisotopic (exact) mass is 356 g/mol. The van der Waals surface area contributed by atoms with Crippen molar-refractivity contribution in [1.82, 2.24) is 20.4 Å². The minimum Gasteiger partial charge on any atom is -0.497 e. The molecule has 2 aromatic heterocycles. The number of aromatic nitrogens is 2. The second-order valence-electron chi connectivity index (χ2n) is 6.16. The molecular weight excluding hydrogens is 336 g/mol. The fraction of sp³-hybridized carbons (Fsp3) is 0.0909. The number of rotatable bonds is 5. The van der Waals surface area contributed by atoms with Crippen molar-refractivity contribution in [3.63, 3.8) is 0 Å². The number of hydrazine groups is 1. The smallest absolute Gasteiger partial charge is 0.118 e. The molecule has 1 aliphatic rings. The summed E-state index contributed by atoms with van der Waals surface area (Å²) in [6.07, 6.45) is 11.4. The first-order chi connectivity index (χ1) is 13.3. The SMILES string of the molecule is COc1ccc(C2=C(c3ccncc3)C=CN(Cc3ccncc3)N2)cc1. The Morgan fingerprint density at radius 2 is 1.52 bits per heavy atom. The number of allylic oxidation sites excluding steroid dienone is 2. The predicted octanol–water partition coefficient (Wildman–Crippen LogP) is 3.89. The summed E-state index contributed by atoms with van der Waals surface area (Å²) in [4.78, 5) is 8.22. The van der Waals surface area contributed by atoms with E-state index >= 15 is 0 Å². The van der Waals surface area contributed by atoms with E-state index in [1.165, 1.54) is 5.56 Å². The molecule has 0 amide bonds. The van der Waals surface area contributed by atoms with Gasteiger partial charge in [0.05, 0.1) is 19.4 Å². The highest BCUT2D eigenvalue weighted by molar-refractivity contribution is 5.95. The van der Waals surface area contributed by atoms with Gasteiger partial charge in [0.25, 0.3) is 0 Å². The van der Waals surface area contributed by atoms with Crippen molar-refractivity contribution in [3.8, 4) is 5.75 Å². The highest BCUT2D eigenvalue weighted by Gasteiger charge is 2.16. The van der Waals surface area contributed by atoms with E-state index in [0.717, 1.165) is 34.7 Å². The number of pyridine rings is 2. The zero-order valence-corrected chi connectivity index (χ0v) is 15.0. The Morgan fingerprint density at radius 1 is 0.852 bits per heavy atom. The van der Waals surface area contributed by atoms with E-state index in [2.05, 4.69) is 44.8 Å². The number of methoxy groups -OCH3 is 1. The molecule has 1 aliphatic heterocycles. The first-order valence-corrected chi connectivity index (χ1v) is 8.73. The Morgan fingerprint density at radius 3 is 2.19 bits per heavy atom. The van der Waals surface area contributed by atoms with Crippen LogP contribution >= 0.6 is 0 Å². The van der Waals surface area contributed by atoms with Gasteiger partial charge < -0.3 is 4.74 Å². The van der Waals surface area contributed by atoms with Crippen LogP contribution in [-0.4, -0.2) is 22.1 Å². The highest BCUT2D eigenvalue weighted by Crippen LogP contribution is 2.30. The molecule has 0 atom stereocenters. The van der Waals surface area contributed by atoms with Crippen molar-refractivity contribution in [2.45, 2.75) is 6.54 Å². The maximum Gasteiger partial charge on any atom is 0.118 e. The average Bonchev–Trinajstić information content (AvgIpc) is 2.75. The number of nitrogens with one attached hydrogen (secondary N) is 1. The molecule has 0 fully saturated rings. The van der Waals surface area contributed by atoms with Crippen LogP contribution in [0.5, 0.6) is 5.75 Å². The summed E-state index contributed by atoms with van der Waals surface area (Å²) in [6.45, 7) is 0.738. The Labute approximate surface area is 158 Å². The van der Waals surface area contributed by atoms with Crippen LogP contribution in [0.2, 0.25) is 0 Å². The van der Waals surface area contributed by atoms with E-state index < -0.39 is 0 Å². The lowest BCUT2D eigenvalue weighted by Gasteiger charge is -2.30. The summed E-state index contributed by atoms with van der Waals surface area (Å²) in [6, 6.07) is 16.1. The third-order valence-corrected chi connectivity index (χ3v) is 4.42. The Bertz CT molecular complexity index is 951. The maximum absolute atomic E-state index is 5.29. The molecule has 0 saturated heterocycles. The van der Waals surface area contributed by atoms with Crippen LogP contribution < -0.4 is 10.2 Å². The summed E-state index contributed by atoms with van der Waals surface area (Å²) >= 11 is 0. The fourth-order valence-corrected chi connectivity index (χ4v) is 3.02. The van der Waals surface area contributed by atoms with Crippen LogP contribution in [-0.2, 0) is 6.54 Å². The third-order valence-electron chi connectivity index (χ3n) is 4.42. The molecule has 27 heavy (non-hydrogen) atoms. The lowest BCUT2D eigenvalue weighted by Crippen LogP contribution is -2.34. The number of nitrogens with zero attached hydrogens (tertiary/aromatic N) is 3. The summed E-state index contributed by atoms with van der Waals surface area (Å²) in [5.41, 5.74) is 9.10. The van der Waals surface area contributed by atoms with Gasteiger partial charge in [-0.1, -0.05) is 0 Å². The second kappa shape index (κ2) is 7.74. The van der Waals surface area contributed by atoms with Gasteiger partial charge in [-0.25, -0.2) is 0 Å². The Kier molecular flexibility index (Phi) is 4.83. The summed E-state index contributed by atoms with van der Waals surface area (Å²) in [5, 5.41) is 2.07. The number of hydrogen-bond acceptors (Lipinski definition) is 5. The van der Waals surface area contributed by atoms with E-state index in [1.54, 1.807) is 7.11 Å². The Hall–Kier alpha value is -3.60. The van der Waals surface area contributed by atoms with Gasteiger partial charge in [-0.3, -0.25) is 20.4 Å². The van der Waals surface area contributed by atoms with E-state index in [9.17, 15) is 0 Å². The van der Waals surface area contributed by atoms with Crippen molar-refractivity contribution in [3.05, 3.63) is 102 Å². The van der Waals surface area contributed by atoms with Crippen molar-refractivity contribution < 1.29 is 4.74 Å². The normalized spacial score (nSPS) is 13.4. The fourth-order valence-electron chi connectivity index (χ4n) is 3.02. The predicted molar refractivity (Wildman–Crippen MR) is 106 cm³/mol. The van der Waals surface area contributed by atoms with Crippen LogP contribution in [0.25, 0.3) is 11.3 Å². The summed E-state index contributed by atoms with van der Waals surface area (Å²) < 4.78 is 5.29. The average molecular weight is 356 g/mol. The van der Waals surface area contributed by atoms with E-state index in [1.807, 2.05) is 61.2 Å². The summed E-state index contributed by atoms with van der Waals surface area (Å²) in [7, 11) is 1.68. The Balaban J connectivity index is 1.69. The molecule has 5 nitrogen and oxygen atoms in total. The van der Waals surface area contributed by atoms with Crippen LogP contribution in [0, 0.1) is 0 Å². The first-order valence-electron chi connectivity index (χ1n) is 8.73. The lowest BCUT2D eigenvalue weighted by atomic mass is 9.99. The standard InChI is InChI=1S/C22H20N4O/c1-27-20-4-2-19(3-5-20)22-21(18-8-13-24-14-9-18)10-15-26(25-22)16-17-6-11-23-12-7-17/h2-15,25H,16H2,1H3. The molecule has 3 heterocycles. The molecule has 0 bridgehead atoms. The molecule has 4 rings (SSSR count). The van der Waals surface area contributed by atoms with Gasteiger partial charge >= 0.3 is 0 Å². The van der Waals surface area contributed by atoms with Gasteiger partial charge in [0, 0.05) is 42.1 Å². The number of benzene rings is 1. The van der Waals surface area contributed by atoms with Gasteiger partial charge in [0.2, 0.25) is 0 Å². The molecule has 0 saturated carbocycles. The summed E-state index contributed by atoms with van der Waals surface area (Å²) in [5.74, 6) is 0.838. The van der Waals surface area contributed by atoms with Crippen molar-refractivity contribution in [2.75, 3.05) is 7.11 Å². The largest absolute Gasteiger partial charge is 0.497 e. The highest BCUT2D eigenvalue weighted by atomic mass is 16.5. The molecule has 0 aliphatic carbocycles. The second-order valence-corrected chi connectivity index (χ2v) is 6.16. The molecule has 0 unspecified atom stereocenters. The van der Waals surface area contributed by atoms with Gasteiger partial charge in [-0.05, 0) is 65.7 Å². The topological polar surface area (TPSA) is 50.3 Å². The first kappa shape index (κ1) is 16.8. The van der Waals surface area contributed by atoms with Crippen LogP contribution in [0.1, 0.15) is 16.7 Å². The molecule has 3 aromatic rings. The zero-order valence-electron chi connectivity index (χ0n) is 15.0. The van der Waals surface area contributed by atoms with Gasteiger partial charge in [0.1, 0.15) is 5.75 Å². The molecule has 0 spiro atoms. The van der Waals surface area contributed by atoms with E-state index in [0.29, 0.717) is 0 Å². The van der Waals surface area contributed by atoms with Crippen molar-refractivity contribution in [1.29, 1.82) is 0 Å². The van der Waals surface area contributed by atoms with E-state index in [-0.39, 0.29) is 0 Å². The molecular formula is C22H20N4O. The van der Waals surface area contributed by atoms with Crippen LogP contribution in [0.4, 0.5) is 0 Å². The van der Waals surface area contributed by atoms with E-state index in [4.69, 9.17) is 4.74 Å². The van der Waals surface area contributed by atoms with Crippen molar-refractivity contribution in [2.24, 2.45) is 0 Å². The van der Waals surface area contributed by atoms with Crippen LogP contribution in [0.3, 0.4) is 0 Å². The van der Waals surface area contributed by atoms with Gasteiger partial charge in [-0.15, -0.1) is 0 Å². The minimum atomic E-state index is 0.738. The zero-order chi connectivity index (χ0) is 18.5. The number of ether oxygens (including phenoxy) is 1. The van der Waals surface area contributed by atoms with Crippen molar-refractivity contribution >= 4 is 11.3 Å². The lowest BCUT2D eigenvalue weighted by molar-refractivity contribution is 0.314. The molecule has 1 N–H and O–H groups in total.